The van der Waals surface area contributed by atoms with Crippen LogP contribution in [0.3, 0.4) is 0 Å². The summed E-state index contributed by atoms with van der Waals surface area (Å²) in [6, 6.07) is 11.0. The molecular formula is C17H20N4O2. The number of pyridine rings is 1. The highest BCUT2D eigenvalue weighted by molar-refractivity contribution is 6.00. The van der Waals surface area contributed by atoms with Crippen LogP contribution >= 0.6 is 0 Å². The van der Waals surface area contributed by atoms with Crippen LogP contribution in [0, 0.1) is 0 Å². The number of β-amino-alcohol motifs (C(OH)–C–C–N with tert-alkyl or cyclic N) is 1. The Labute approximate surface area is 135 Å². The molecule has 2 heterocycles. The number of aliphatic hydroxyl groups is 1. The van der Waals surface area contributed by atoms with Crippen molar-refractivity contribution >= 4 is 17.4 Å². The molecule has 23 heavy (non-hydrogen) atoms. The summed E-state index contributed by atoms with van der Waals surface area (Å²) in [5.41, 5.74) is 2.53. The molecule has 3 rings (SSSR count). The van der Waals surface area contributed by atoms with Gasteiger partial charge < -0.3 is 15.7 Å². The number of carbonyl (C=O) groups excluding carboxylic acids is 1. The van der Waals surface area contributed by atoms with E-state index >= 15 is 0 Å². The second kappa shape index (κ2) is 7.21. The Morgan fingerprint density at radius 1 is 1.22 bits per heavy atom. The molecule has 2 amide bonds. The highest BCUT2D eigenvalue weighted by Gasteiger charge is 2.23. The van der Waals surface area contributed by atoms with Gasteiger partial charge in [-0.3, -0.25) is 9.88 Å². The van der Waals surface area contributed by atoms with E-state index in [2.05, 4.69) is 20.5 Å². The van der Waals surface area contributed by atoms with Crippen LogP contribution in [0.2, 0.25) is 0 Å². The standard InChI is InChI=1S/C17H20N4O2/c22-15-11-21(12-15)9-7-13-4-1-2-6-16(13)20-17(23)19-14-5-3-8-18-10-14/h1-6,8,10,15,22H,7,9,11-12H2,(H2,19,20,23). The van der Waals surface area contributed by atoms with Crippen LogP contribution in [0.4, 0.5) is 16.2 Å². The van der Waals surface area contributed by atoms with Crippen molar-refractivity contribution in [1.82, 2.24) is 9.88 Å². The number of nitrogens with zero attached hydrogens (tertiary/aromatic N) is 2. The number of amides is 2. The topological polar surface area (TPSA) is 77.5 Å². The van der Waals surface area contributed by atoms with Crippen molar-refractivity contribution in [2.24, 2.45) is 0 Å². The summed E-state index contributed by atoms with van der Waals surface area (Å²) in [4.78, 5) is 18.2. The first kappa shape index (κ1) is 15.5. The third-order valence-electron chi connectivity index (χ3n) is 3.82. The number of urea groups is 1. The van der Waals surface area contributed by atoms with E-state index in [4.69, 9.17) is 0 Å². The van der Waals surface area contributed by atoms with Gasteiger partial charge in [-0.2, -0.15) is 0 Å². The zero-order chi connectivity index (χ0) is 16.1. The van der Waals surface area contributed by atoms with Crippen molar-refractivity contribution in [3.63, 3.8) is 0 Å². The molecule has 1 aromatic carbocycles. The molecule has 0 unspecified atom stereocenters. The number of anilines is 2. The summed E-state index contributed by atoms with van der Waals surface area (Å²) in [5, 5.41) is 15.0. The van der Waals surface area contributed by atoms with Crippen LogP contribution in [-0.2, 0) is 6.42 Å². The molecule has 0 bridgehead atoms. The van der Waals surface area contributed by atoms with E-state index in [1.807, 2.05) is 24.3 Å². The number of nitrogens with one attached hydrogen (secondary N) is 2. The minimum absolute atomic E-state index is 0.186. The average molecular weight is 312 g/mol. The third kappa shape index (κ3) is 4.28. The number of carbonyl (C=O) groups is 1. The van der Waals surface area contributed by atoms with Crippen LogP contribution in [0.1, 0.15) is 5.56 Å². The van der Waals surface area contributed by atoms with Gasteiger partial charge in [0.1, 0.15) is 0 Å². The number of benzene rings is 1. The maximum atomic E-state index is 12.1. The van der Waals surface area contributed by atoms with Crippen LogP contribution < -0.4 is 10.6 Å². The number of likely N-dealkylation sites (tertiary alicyclic amines) is 1. The minimum atomic E-state index is -0.287. The van der Waals surface area contributed by atoms with Crippen LogP contribution in [0.25, 0.3) is 0 Å². The van der Waals surface area contributed by atoms with Crippen molar-refractivity contribution < 1.29 is 9.90 Å². The van der Waals surface area contributed by atoms with Gasteiger partial charge in [0.2, 0.25) is 0 Å². The van der Waals surface area contributed by atoms with Crippen molar-refractivity contribution in [1.29, 1.82) is 0 Å². The van der Waals surface area contributed by atoms with Gasteiger partial charge >= 0.3 is 6.03 Å². The largest absolute Gasteiger partial charge is 0.390 e. The predicted octanol–water partition coefficient (Wildman–Crippen LogP) is 1.94. The van der Waals surface area contributed by atoms with Gasteiger partial charge in [0.05, 0.1) is 18.0 Å². The average Bonchev–Trinajstić information content (AvgIpc) is 2.52. The molecule has 1 aromatic heterocycles. The molecule has 6 heteroatoms. The highest BCUT2D eigenvalue weighted by atomic mass is 16.3. The highest BCUT2D eigenvalue weighted by Crippen LogP contribution is 2.18. The Bertz CT molecular complexity index is 657. The minimum Gasteiger partial charge on any atom is -0.390 e. The Morgan fingerprint density at radius 2 is 2.04 bits per heavy atom. The first-order valence-corrected chi connectivity index (χ1v) is 7.67. The molecule has 1 fully saturated rings. The molecule has 3 N–H and O–H groups in total. The van der Waals surface area contributed by atoms with Gasteiger partial charge in [-0.15, -0.1) is 0 Å². The molecule has 6 nitrogen and oxygen atoms in total. The summed E-state index contributed by atoms with van der Waals surface area (Å²) in [6.45, 7) is 2.34. The van der Waals surface area contributed by atoms with Crippen LogP contribution in [0.5, 0.6) is 0 Å². The number of hydrogen-bond acceptors (Lipinski definition) is 4. The normalized spacial score (nSPS) is 15.0. The zero-order valence-corrected chi connectivity index (χ0v) is 12.8. The molecule has 120 valence electrons. The first-order chi connectivity index (χ1) is 11.2. The van der Waals surface area contributed by atoms with Gasteiger partial charge in [-0.1, -0.05) is 18.2 Å². The number of aromatic nitrogens is 1. The lowest BCUT2D eigenvalue weighted by Gasteiger charge is -2.35. The maximum Gasteiger partial charge on any atom is 0.323 e. The Balaban J connectivity index is 1.57. The molecule has 0 spiro atoms. The van der Waals surface area contributed by atoms with Crippen LogP contribution in [-0.4, -0.2) is 46.8 Å². The molecule has 1 saturated heterocycles. The lowest BCUT2D eigenvalue weighted by molar-refractivity contribution is 0.00313. The predicted molar refractivity (Wildman–Crippen MR) is 89.5 cm³/mol. The van der Waals surface area contributed by atoms with E-state index in [1.54, 1.807) is 24.5 Å². The molecule has 0 aliphatic carbocycles. The van der Waals surface area contributed by atoms with Crippen LogP contribution in [0.15, 0.2) is 48.8 Å². The van der Waals surface area contributed by atoms with Crippen molar-refractivity contribution in [3.8, 4) is 0 Å². The van der Waals surface area contributed by atoms with Crippen molar-refractivity contribution in [3.05, 3.63) is 54.4 Å². The zero-order valence-electron chi connectivity index (χ0n) is 12.8. The SMILES string of the molecule is O=C(Nc1cccnc1)Nc1ccccc1CCN1CC(O)C1. The Kier molecular flexibility index (Phi) is 4.85. The van der Waals surface area contributed by atoms with E-state index in [0.717, 1.165) is 37.3 Å². The fraction of sp³-hybridized carbons (Fsp3) is 0.294. The maximum absolute atomic E-state index is 12.1. The summed E-state index contributed by atoms with van der Waals surface area (Å²) in [5.74, 6) is 0. The summed E-state index contributed by atoms with van der Waals surface area (Å²) in [7, 11) is 0. The fourth-order valence-electron chi connectivity index (χ4n) is 2.59. The number of hydrogen-bond donors (Lipinski definition) is 3. The lowest BCUT2D eigenvalue weighted by Crippen LogP contribution is -2.51. The quantitative estimate of drug-likeness (QED) is 0.788. The van der Waals surface area contributed by atoms with Gasteiger partial charge in [0, 0.05) is 31.5 Å². The Hall–Kier alpha value is -2.44. The lowest BCUT2D eigenvalue weighted by atomic mass is 10.1. The number of aliphatic hydroxyl groups excluding tert-OH is 1. The van der Waals surface area contributed by atoms with Gasteiger partial charge in [-0.05, 0) is 30.2 Å². The van der Waals surface area contributed by atoms with E-state index in [-0.39, 0.29) is 12.1 Å². The molecule has 2 aromatic rings. The molecule has 0 saturated carbocycles. The van der Waals surface area contributed by atoms with E-state index < -0.39 is 0 Å². The molecular weight excluding hydrogens is 292 g/mol. The molecule has 1 aliphatic rings. The van der Waals surface area contributed by atoms with E-state index in [0.29, 0.717) is 5.69 Å². The molecule has 0 radical (unpaired) electrons. The Morgan fingerprint density at radius 3 is 2.78 bits per heavy atom. The van der Waals surface area contributed by atoms with Gasteiger partial charge in [0.25, 0.3) is 0 Å². The smallest absolute Gasteiger partial charge is 0.323 e. The second-order valence-corrected chi connectivity index (χ2v) is 5.64. The first-order valence-electron chi connectivity index (χ1n) is 7.67. The second-order valence-electron chi connectivity index (χ2n) is 5.64. The van der Waals surface area contributed by atoms with Crippen molar-refractivity contribution in [2.75, 3.05) is 30.3 Å². The van der Waals surface area contributed by atoms with Gasteiger partial charge in [-0.25, -0.2) is 4.79 Å². The fourth-order valence-corrected chi connectivity index (χ4v) is 2.59. The summed E-state index contributed by atoms with van der Waals surface area (Å²) in [6.07, 6.45) is 3.90. The van der Waals surface area contributed by atoms with E-state index in [9.17, 15) is 9.90 Å². The number of para-hydroxylation sites is 1. The molecule has 0 atom stereocenters. The monoisotopic (exact) mass is 312 g/mol. The van der Waals surface area contributed by atoms with E-state index in [1.165, 1.54) is 0 Å². The number of rotatable bonds is 5. The van der Waals surface area contributed by atoms with Crippen molar-refractivity contribution in [2.45, 2.75) is 12.5 Å². The summed E-state index contributed by atoms with van der Waals surface area (Å²) >= 11 is 0. The third-order valence-corrected chi connectivity index (χ3v) is 3.82. The molecule has 1 aliphatic heterocycles. The summed E-state index contributed by atoms with van der Waals surface area (Å²) < 4.78 is 0. The van der Waals surface area contributed by atoms with Gasteiger partial charge in [0.15, 0.2) is 0 Å².